The van der Waals surface area contributed by atoms with Crippen LogP contribution in [-0.2, 0) is 14.3 Å². The van der Waals surface area contributed by atoms with Crippen LogP contribution in [0.1, 0.15) is 47.1 Å². The Balaban J connectivity index is 0.000000414. The maximum absolute atomic E-state index is 12.0. The standard InChI is InChI=1S/C16H19BrO4.C7H6O2/c1-16(2,3)21-15(19)13(10-17)9-11-5-7-12(8-6-11)14(18)20-4;8-7(9)6-4-2-1-3-5-6/h5-9H,10H2,1-4H3;1-5H,(H,8,9). The van der Waals surface area contributed by atoms with Crippen molar-refractivity contribution < 1.29 is 29.0 Å². The van der Waals surface area contributed by atoms with Gasteiger partial charge in [0.1, 0.15) is 5.60 Å². The van der Waals surface area contributed by atoms with Crippen LogP contribution in [0.15, 0.2) is 60.2 Å². The van der Waals surface area contributed by atoms with Crippen molar-refractivity contribution in [2.45, 2.75) is 26.4 Å². The van der Waals surface area contributed by atoms with E-state index in [1.54, 1.807) is 60.7 Å². The average Bonchev–Trinajstić information content (AvgIpc) is 2.71. The van der Waals surface area contributed by atoms with Crippen molar-refractivity contribution in [3.8, 4) is 0 Å². The van der Waals surface area contributed by atoms with E-state index in [0.29, 0.717) is 22.0 Å². The Morgan fingerprint density at radius 3 is 1.93 bits per heavy atom. The average molecular weight is 477 g/mol. The summed E-state index contributed by atoms with van der Waals surface area (Å²) >= 11 is 3.29. The first-order valence-corrected chi connectivity index (χ1v) is 10.2. The van der Waals surface area contributed by atoms with Gasteiger partial charge in [-0.1, -0.05) is 46.3 Å². The quantitative estimate of drug-likeness (QED) is 0.371. The summed E-state index contributed by atoms with van der Waals surface area (Å²) in [5.41, 5.74) is 1.58. The summed E-state index contributed by atoms with van der Waals surface area (Å²) in [5.74, 6) is -1.63. The monoisotopic (exact) mass is 476 g/mol. The van der Waals surface area contributed by atoms with E-state index in [4.69, 9.17) is 9.84 Å². The van der Waals surface area contributed by atoms with Gasteiger partial charge in [-0.15, -0.1) is 0 Å². The molecule has 30 heavy (non-hydrogen) atoms. The number of carboxylic acid groups (broad SMARTS) is 1. The first kappa shape index (κ1) is 25.1. The van der Waals surface area contributed by atoms with Crippen molar-refractivity contribution in [2.75, 3.05) is 12.4 Å². The van der Waals surface area contributed by atoms with Crippen molar-refractivity contribution in [3.05, 3.63) is 76.9 Å². The Bertz CT molecular complexity index is 880. The summed E-state index contributed by atoms with van der Waals surface area (Å²) in [6.45, 7) is 5.46. The molecule has 6 nitrogen and oxygen atoms in total. The van der Waals surface area contributed by atoms with Crippen molar-refractivity contribution in [1.82, 2.24) is 0 Å². The van der Waals surface area contributed by atoms with E-state index in [1.165, 1.54) is 7.11 Å². The molecular weight excluding hydrogens is 452 g/mol. The number of carboxylic acids is 1. The minimum absolute atomic E-state index is 0.331. The van der Waals surface area contributed by atoms with Crippen LogP contribution in [0.25, 0.3) is 6.08 Å². The molecule has 0 amide bonds. The third-order valence-electron chi connectivity index (χ3n) is 3.50. The smallest absolute Gasteiger partial charge is 0.337 e. The molecule has 0 bridgehead atoms. The highest BCUT2D eigenvalue weighted by atomic mass is 79.9. The SMILES string of the molecule is COC(=O)c1ccc(C=C(CBr)C(=O)OC(C)(C)C)cc1.O=C(O)c1ccccc1. The molecule has 0 heterocycles. The van der Waals surface area contributed by atoms with E-state index in [-0.39, 0.29) is 5.97 Å². The van der Waals surface area contributed by atoms with Crippen LogP contribution in [0.5, 0.6) is 0 Å². The number of hydrogen-bond acceptors (Lipinski definition) is 5. The van der Waals surface area contributed by atoms with Gasteiger partial charge >= 0.3 is 17.9 Å². The molecule has 2 aromatic rings. The molecule has 0 aromatic heterocycles. The topological polar surface area (TPSA) is 89.9 Å². The zero-order valence-corrected chi connectivity index (χ0v) is 18.9. The number of methoxy groups -OCH3 is 1. The van der Waals surface area contributed by atoms with Crippen LogP contribution in [0.3, 0.4) is 0 Å². The molecule has 0 atom stereocenters. The Kier molecular flexibility index (Phi) is 9.98. The van der Waals surface area contributed by atoms with E-state index < -0.39 is 17.5 Å². The van der Waals surface area contributed by atoms with Gasteiger partial charge in [0, 0.05) is 10.9 Å². The van der Waals surface area contributed by atoms with Gasteiger partial charge in [0.05, 0.1) is 18.2 Å². The van der Waals surface area contributed by atoms with Gasteiger partial charge in [-0.25, -0.2) is 14.4 Å². The van der Waals surface area contributed by atoms with Gasteiger partial charge in [-0.3, -0.25) is 0 Å². The summed E-state index contributed by atoms with van der Waals surface area (Å²) in [4.78, 5) is 33.6. The number of aromatic carboxylic acids is 1. The molecule has 0 radical (unpaired) electrons. The van der Waals surface area contributed by atoms with Crippen LogP contribution in [0.4, 0.5) is 0 Å². The molecule has 2 aromatic carbocycles. The molecule has 1 N–H and O–H groups in total. The second-order valence-electron chi connectivity index (χ2n) is 7.09. The lowest BCUT2D eigenvalue weighted by molar-refractivity contribution is -0.149. The van der Waals surface area contributed by atoms with Crippen molar-refractivity contribution in [3.63, 3.8) is 0 Å². The van der Waals surface area contributed by atoms with Gasteiger partial charge < -0.3 is 14.6 Å². The lowest BCUT2D eigenvalue weighted by Gasteiger charge is -2.20. The predicted octanol–water partition coefficient (Wildman–Crippen LogP) is 4.98. The maximum Gasteiger partial charge on any atom is 0.337 e. The highest BCUT2D eigenvalue weighted by Crippen LogP contribution is 2.16. The number of halogens is 1. The molecule has 0 spiro atoms. The summed E-state index contributed by atoms with van der Waals surface area (Å²) in [6, 6.07) is 15.1. The summed E-state index contributed by atoms with van der Waals surface area (Å²) in [5, 5.41) is 8.77. The predicted molar refractivity (Wildman–Crippen MR) is 119 cm³/mol. The maximum atomic E-state index is 12.0. The molecule has 0 unspecified atom stereocenters. The fourth-order valence-electron chi connectivity index (χ4n) is 2.11. The van der Waals surface area contributed by atoms with E-state index in [2.05, 4.69) is 20.7 Å². The molecule has 7 heteroatoms. The molecule has 0 aliphatic heterocycles. The minimum atomic E-state index is -0.879. The van der Waals surface area contributed by atoms with Crippen LogP contribution < -0.4 is 0 Å². The second-order valence-corrected chi connectivity index (χ2v) is 7.65. The molecule has 0 fully saturated rings. The van der Waals surface area contributed by atoms with Gasteiger partial charge in [0.2, 0.25) is 0 Å². The Hall–Kier alpha value is -2.93. The van der Waals surface area contributed by atoms with E-state index in [0.717, 1.165) is 5.56 Å². The molecule has 0 aliphatic rings. The van der Waals surface area contributed by atoms with Gasteiger partial charge in [0.15, 0.2) is 0 Å². The van der Waals surface area contributed by atoms with Crippen molar-refractivity contribution >= 4 is 39.9 Å². The van der Waals surface area contributed by atoms with Crippen molar-refractivity contribution in [1.29, 1.82) is 0 Å². The van der Waals surface area contributed by atoms with Crippen LogP contribution in [0.2, 0.25) is 0 Å². The van der Waals surface area contributed by atoms with Crippen LogP contribution in [-0.4, -0.2) is 41.1 Å². The van der Waals surface area contributed by atoms with Gasteiger partial charge in [-0.2, -0.15) is 0 Å². The number of carbonyl (C=O) groups excluding carboxylic acids is 2. The van der Waals surface area contributed by atoms with Gasteiger partial charge in [0.25, 0.3) is 0 Å². The highest BCUT2D eigenvalue weighted by molar-refractivity contribution is 9.09. The number of rotatable bonds is 5. The fraction of sp³-hybridized carbons (Fsp3) is 0.261. The molecular formula is C23H25BrO6. The molecule has 0 saturated heterocycles. The summed E-state index contributed by atoms with van der Waals surface area (Å²) < 4.78 is 9.97. The fourth-order valence-corrected chi connectivity index (χ4v) is 2.50. The zero-order chi connectivity index (χ0) is 22.7. The van der Waals surface area contributed by atoms with E-state index >= 15 is 0 Å². The lowest BCUT2D eigenvalue weighted by atomic mass is 10.1. The first-order chi connectivity index (χ1) is 14.1. The van der Waals surface area contributed by atoms with Crippen LogP contribution >= 0.6 is 15.9 Å². The Labute approximate surface area is 184 Å². The Morgan fingerprint density at radius 1 is 0.967 bits per heavy atom. The van der Waals surface area contributed by atoms with Crippen molar-refractivity contribution in [2.24, 2.45) is 0 Å². The third kappa shape index (κ3) is 9.05. The zero-order valence-electron chi connectivity index (χ0n) is 17.3. The number of benzene rings is 2. The summed E-state index contributed by atoms with van der Waals surface area (Å²) in [6.07, 6.45) is 1.73. The highest BCUT2D eigenvalue weighted by Gasteiger charge is 2.19. The lowest BCUT2D eigenvalue weighted by Crippen LogP contribution is -2.25. The number of ether oxygens (including phenoxy) is 2. The number of esters is 2. The van der Waals surface area contributed by atoms with Crippen LogP contribution in [0, 0.1) is 0 Å². The second kappa shape index (κ2) is 11.9. The number of hydrogen-bond donors (Lipinski definition) is 1. The molecule has 0 saturated carbocycles. The molecule has 160 valence electrons. The normalized spacial score (nSPS) is 11.0. The molecule has 2 rings (SSSR count). The summed E-state index contributed by atoms with van der Waals surface area (Å²) in [7, 11) is 1.33. The minimum Gasteiger partial charge on any atom is -0.478 e. The number of carbonyl (C=O) groups is 3. The largest absolute Gasteiger partial charge is 0.478 e. The third-order valence-corrected chi connectivity index (χ3v) is 4.10. The Morgan fingerprint density at radius 2 is 1.53 bits per heavy atom. The van der Waals surface area contributed by atoms with Gasteiger partial charge in [-0.05, 0) is 56.7 Å². The molecule has 0 aliphatic carbocycles. The van der Waals surface area contributed by atoms with E-state index in [9.17, 15) is 14.4 Å². The van der Waals surface area contributed by atoms with E-state index in [1.807, 2.05) is 20.8 Å². The first-order valence-electron chi connectivity index (χ1n) is 9.04. The number of alkyl halides is 1.